The quantitative estimate of drug-likeness (QED) is 0.516. The van der Waals surface area contributed by atoms with E-state index in [-0.39, 0.29) is 0 Å². The number of hydrogen-bond donors (Lipinski definition) is 0. The molecule has 3 heteroatoms. The summed E-state index contributed by atoms with van der Waals surface area (Å²) >= 11 is 6.31. The minimum atomic E-state index is 1.59. The lowest BCUT2D eigenvalue weighted by Gasteiger charge is -2.08. The first-order chi connectivity index (χ1) is 3.93. The molecule has 0 aliphatic carbocycles. The molecule has 1 aliphatic heterocycles. The summed E-state index contributed by atoms with van der Waals surface area (Å²) in [7, 11) is 0. The third-order valence-corrected chi connectivity index (χ3v) is 1.55. The highest BCUT2D eigenvalue weighted by Crippen LogP contribution is 2.10. The van der Waals surface area contributed by atoms with E-state index in [0.717, 1.165) is 0 Å². The smallest absolute Gasteiger partial charge is 0.0722 e. The highest BCUT2D eigenvalue weighted by atomic mass is 32.2. The fourth-order valence-electron chi connectivity index (χ4n) is 0.376. The summed E-state index contributed by atoms with van der Waals surface area (Å²) in [4.78, 5) is 1.83. The molecule has 42 valence electrons. The Balaban J connectivity index is 2.54. The maximum absolute atomic E-state index is 4.66. The minimum Gasteiger partial charge on any atom is -0.320 e. The predicted octanol–water partition coefficient (Wildman–Crippen LogP) is 1.93. The number of rotatable bonds is 1. The van der Waals surface area contributed by atoms with Crippen molar-refractivity contribution in [3.8, 4) is 0 Å². The molecule has 0 saturated heterocycles. The standard InChI is InChI=1S/C5H5NS2/c7-5-6-1-3-8-4-2-6/h1-5H. The molecule has 0 aromatic carbocycles. The van der Waals surface area contributed by atoms with Crippen molar-refractivity contribution in [1.29, 1.82) is 0 Å². The van der Waals surface area contributed by atoms with Crippen LogP contribution in [0.2, 0.25) is 0 Å². The molecule has 0 N–H and O–H groups in total. The predicted molar refractivity (Wildman–Crippen MR) is 41.4 cm³/mol. The SMILES string of the molecule is S=CN1C=CSC=C1. The molecular weight excluding hydrogens is 138 g/mol. The van der Waals surface area contributed by atoms with Gasteiger partial charge in [-0.05, 0) is 10.8 Å². The van der Waals surface area contributed by atoms with E-state index < -0.39 is 0 Å². The van der Waals surface area contributed by atoms with Crippen LogP contribution in [0.3, 0.4) is 0 Å². The Bertz CT molecular complexity index is 127. The van der Waals surface area contributed by atoms with Crippen molar-refractivity contribution in [3.63, 3.8) is 0 Å². The normalized spacial score (nSPS) is 16.8. The zero-order valence-electron chi connectivity index (χ0n) is 4.15. The van der Waals surface area contributed by atoms with Gasteiger partial charge in [-0.15, -0.1) is 11.8 Å². The molecule has 0 atom stereocenters. The first-order valence-electron chi connectivity index (χ1n) is 2.15. The molecule has 1 nitrogen and oxygen atoms in total. The van der Waals surface area contributed by atoms with Crippen LogP contribution < -0.4 is 0 Å². The molecule has 8 heavy (non-hydrogen) atoms. The van der Waals surface area contributed by atoms with Crippen LogP contribution in [0.15, 0.2) is 23.2 Å². The molecule has 0 fully saturated rings. The van der Waals surface area contributed by atoms with Crippen LogP contribution in [0, 0.1) is 0 Å². The van der Waals surface area contributed by atoms with E-state index in [1.165, 1.54) is 0 Å². The van der Waals surface area contributed by atoms with Crippen molar-refractivity contribution >= 4 is 29.5 Å². The maximum atomic E-state index is 4.66. The van der Waals surface area contributed by atoms with Gasteiger partial charge in [-0.25, -0.2) is 0 Å². The summed E-state index contributed by atoms with van der Waals surface area (Å²) in [6.07, 6.45) is 3.83. The van der Waals surface area contributed by atoms with Gasteiger partial charge in [-0.2, -0.15) is 0 Å². The van der Waals surface area contributed by atoms with Crippen LogP contribution >= 0.6 is 24.0 Å². The lowest BCUT2D eigenvalue weighted by molar-refractivity contribution is 0.800. The molecule has 0 bridgehead atoms. The van der Waals surface area contributed by atoms with Gasteiger partial charge in [0.2, 0.25) is 0 Å². The van der Waals surface area contributed by atoms with Gasteiger partial charge >= 0.3 is 0 Å². The van der Waals surface area contributed by atoms with Crippen molar-refractivity contribution in [2.24, 2.45) is 0 Å². The van der Waals surface area contributed by atoms with Gasteiger partial charge < -0.3 is 4.90 Å². The number of nitrogens with zero attached hydrogens (tertiary/aromatic N) is 1. The van der Waals surface area contributed by atoms with Gasteiger partial charge in [0, 0.05) is 12.4 Å². The largest absolute Gasteiger partial charge is 0.320 e. The van der Waals surface area contributed by atoms with Crippen molar-refractivity contribution in [1.82, 2.24) is 4.90 Å². The molecule has 0 amide bonds. The van der Waals surface area contributed by atoms with E-state index >= 15 is 0 Å². The summed E-state index contributed by atoms with van der Waals surface area (Å²) in [5.74, 6) is 0. The van der Waals surface area contributed by atoms with Crippen LogP contribution in [0.1, 0.15) is 0 Å². The Morgan fingerprint density at radius 2 is 2.00 bits per heavy atom. The molecule has 1 rings (SSSR count). The first-order valence-corrected chi connectivity index (χ1v) is 3.56. The van der Waals surface area contributed by atoms with Gasteiger partial charge in [0.25, 0.3) is 0 Å². The molecule has 1 heterocycles. The summed E-state index contributed by atoms with van der Waals surface area (Å²) in [6, 6.07) is 0. The number of hydrogen-bond acceptors (Lipinski definition) is 2. The third kappa shape index (κ3) is 1.35. The van der Waals surface area contributed by atoms with Gasteiger partial charge in [0.15, 0.2) is 0 Å². The van der Waals surface area contributed by atoms with Gasteiger partial charge in [-0.1, -0.05) is 12.2 Å². The minimum absolute atomic E-state index is 1.59. The fourth-order valence-corrected chi connectivity index (χ4v) is 1.03. The highest BCUT2D eigenvalue weighted by Gasteiger charge is 1.88. The van der Waals surface area contributed by atoms with Crippen LogP contribution in [-0.2, 0) is 0 Å². The van der Waals surface area contributed by atoms with Crippen LogP contribution in [-0.4, -0.2) is 10.4 Å². The molecule has 0 aromatic rings. The Morgan fingerprint density at radius 3 is 2.38 bits per heavy atom. The Kier molecular flexibility index (Phi) is 2.11. The summed E-state index contributed by atoms with van der Waals surface area (Å²) in [5, 5.41) is 3.95. The average Bonchev–Trinajstić information content (AvgIpc) is 1.90. The average molecular weight is 143 g/mol. The van der Waals surface area contributed by atoms with E-state index in [1.807, 2.05) is 28.1 Å². The second kappa shape index (κ2) is 2.89. The molecule has 0 spiro atoms. The monoisotopic (exact) mass is 143 g/mol. The van der Waals surface area contributed by atoms with Crippen LogP contribution in [0.5, 0.6) is 0 Å². The van der Waals surface area contributed by atoms with E-state index in [2.05, 4.69) is 12.2 Å². The highest BCUT2D eigenvalue weighted by molar-refractivity contribution is 8.04. The van der Waals surface area contributed by atoms with E-state index in [9.17, 15) is 0 Å². The van der Waals surface area contributed by atoms with Crippen LogP contribution in [0.25, 0.3) is 0 Å². The molecule has 0 radical (unpaired) electrons. The molecular formula is C5H5NS2. The van der Waals surface area contributed by atoms with E-state index in [0.29, 0.717) is 0 Å². The fraction of sp³-hybridized carbons (Fsp3) is 0. The summed E-state index contributed by atoms with van der Waals surface area (Å²) in [6.45, 7) is 0. The Morgan fingerprint density at radius 1 is 1.38 bits per heavy atom. The molecule has 1 aliphatic rings. The van der Waals surface area contributed by atoms with Crippen LogP contribution in [0.4, 0.5) is 0 Å². The lowest BCUT2D eigenvalue weighted by Crippen LogP contribution is -2.04. The van der Waals surface area contributed by atoms with Gasteiger partial charge in [0.05, 0.1) is 5.49 Å². The Labute approximate surface area is 58.1 Å². The lowest BCUT2D eigenvalue weighted by atomic mass is 10.8. The summed E-state index contributed by atoms with van der Waals surface area (Å²) < 4.78 is 0. The van der Waals surface area contributed by atoms with Gasteiger partial charge in [0.1, 0.15) is 0 Å². The van der Waals surface area contributed by atoms with Crippen molar-refractivity contribution in [3.05, 3.63) is 23.2 Å². The molecule has 0 unspecified atom stereocenters. The van der Waals surface area contributed by atoms with Crippen molar-refractivity contribution in [2.45, 2.75) is 0 Å². The van der Waals surface area contributed by atoms with E-state index in [1.54, 1.807) is 17.3 Å². The van der Waals surface area contributed by atoms with E-state index in [4.69, 9.17) is 0 Å². The zero-order valence-corrected chi connectivity index (χ0v) is 5.78. The molecule has 0 saturated carbocycles. The van der Waals surface area contributed by atoms with Crippen molar-refractivity contribution < 1.29 is 0 Å². The topological polar surface area (TPSA) is 3.24 Å². The zero-order chi connectivity index (χ0) is 5.82. The second-order valence-electron chi connectivity index (χ2n) is 1.26. The number of thioether (sulfide) groups is 1. The second-order valence-corrected chi connectivity index (χ2v) is 2.29. The maximum Gasteiger partial charge on any atom is 0.0722 e. The number of thiocarbonyl (C=S) groups is 1. The first kappa shape index (κ1) is 5.85. The summed E-state index contributed by atoms with van der Waals surface area (Å²) in [5.41, 5.74) is 1.59. The third-order valence-electron chi connectivity index (χ3n) is 0.745. The van der Waals surface area contributed by atoms with Crippen molar-refractivity contribution in [2.75, 3.05) is 0 Å². The Hall–Kier alpha value is -0.280. The molecule has 0 aromatic heterocycles. The van der Waals surface area contributed by atoms with Gasteiger partial charge in [-0.3, -0.25) is 0 Å².